The summed E-state index contributed by atoms with van der Waals surface area (Å²) in [6.07, 6.45) is 2.58. The number of nitrogens with zero attached hydrogens (tertiary/aromatic N) is 1. The van der Waals surface area contributed by atoms with Gasteiger partial charge in [-0.2, -0.15) is 0 Å². The van der Waals surface area contributed by atoms with Crippen molar-refractivity contribution in [1.29, 1.82) is 0 Å². The van der Waals surface area contributed by atoms with Crippen molar-refractivity contribution in [2.75, 3.05) is 33.4 Å². The van der Waals surface area contributed by atoms with Crippen molar-refractivity contribution in [3.8, 4) is 0 Å². The first kappa shape index (κ1) is 15.5. The molecule has 0 aliphatic carbocycles. The molecule has 0 aromatic rings. The molecule has 1 aliphatic heterocycles. The van der Waals surface area contributed by atoms with E-state index in [2.05, 4.69) is 6.58 Å². The summed E-state index contributed by atoms with van der Waals surface area (Å²) < 4.78 is 10.00. The van der Waals surface area contributed by atoms with Crippen LogP contribution in [0, 0.1) is 5.41 Å². The minimum Gasteiger partial charge on any atom is -0.481 e. The number of aliphatic carboxylic acids is 1. The Kier molecular flexibility index (Phi) is 5.82. The molecule has 1 fully saturated rings. The Labute approximate surface area is 113 Å². The number of carbonyl (C=O) groups is 2. The van der Waals surface area contributed by atoms with E-state index in [9.17, 15) is 14.7 Å². The van der Waals surface area contributed by atoms with Crippen molar-refractivity contribution in [3.63, 3.8) is 0 Å². The molecule has 0 bridgehead atoms. The predicted molar refractivity (Wildman–Crippen MR) is 68.9 cm³/mol. The molecule has 1 atom stereocenters. The smallest absolute Gasteiger partial charge is 0.410 e. The molecular formula is C13H21NO5. The second-order valence-corrected chi connectivity index (χ2v) is 4.72. The minimum atomic E-state index is -0.901. The molecule has 1 aliphatic rings. The van der Waals surface area contributed by atoms with Gasteiger partial charge < -0.3 is 19.5 Å². The number of rotatable bonds is 5. The molecule has 1 N–H and O–H groups in total. The number of likely N-dealkylation sites (tertiary alicyclic amines) is 1. The van der Waals surface area contributed by atoms with E-state index < -0.39 is 17.5 Å². The van der Waals surface area contributed by atoms with Gasteiger partial charge in [-0.3, -0.25) is 4.79 Å². The van der Waals surface area contributed by atoms with Crippen LogP contribution in [0.2, 0.25) is 0 Å². The summed E-state index contributed by atoms with van der Waals surface area (Å²) in [5.74, 6) is -0.865. The van der Waals surface area contributed by atoms with Crippen LogP contribution in [-0.2, 0) is 14.3 Å². The molecule has 0 aromatic carbocycles. The highest BCUT2D eigenvalue weighted by Crippen LogP contribution is 2.32. The lowest BCUT2D eigenvalue weighted by molar-refractivity contribution is -0.153. The Bertz CT molecular complexity index is 344. The van der Waals surface area contributed by atoms with Crippen molar-refractivity contribution in [1.82, 2.24) is 4.90 Å². The van der Waals surface area contributed by atoms with Crippen LogP contribution in [0.3, 0.4) is 0 Å². The molecule has 6 nitrogen and oxygen atoms in total. The molecule has 1 saturated heterocycles. The van der Waals surface area contributed by atoms with Gasteiger partial charge >= 0.3 is 12.1 Å². The summed E-state index contributed by atoms with van der Waals surface area (Å²) in [5, 5.41) is 9.38. The van der Waals surface area contributed by atoms with Crippen molar-refractivity contribution in [3.05, 3.63) is 12.7 Å². The number of ether oxygens (including phenoxy) is 2. The third-order valence-corrected chi connectivity index (χ3v) is 3.40. The fourth-order valence-electron chi connectivity index (χ4n) is 2.29. The normalized spacial score (nSPS) is 23.5. The molecule has 1 heterocycles. The molecule has 6 heteroatoms. The average Bonchev–Trinajstić information content (AvgIpc) is 2.60. The standard InChI is InChI=1S/C13H21NO5/c1-3-9-19-12(17)14-7-4-5-13(6-8-14,10-18-2)11(15)16/h3H,1,4-10H2,2H3,(H,15,16). The lowest BCUT2D eigenvalue weighted by atomic mass is 9.81. The number of carbonyl (C=O) groups excluding carboxylic acids is 1. The molecule has 0 aromatic heterocycles. The Morgan fingerprint density at radius 3 is 2.74 bits per heavy atom. The van der Waals surface area contributed by atoms with E-state index in [0.717, 1.165) is 0 Å². The van der Waals surface area contributed by atoms with Crippen LogP contribution in [-0.4, -0.2) is 55.5 Å². The Morgan fingerprint density at radius 2 is 2.16 bits per heavy atom. The van der Waals surface area contributed by atoms with Gasteiger partial charge in [0.05, 0.1) is 12.0 Å². The number of hydrogen-bond donors (Lipinski definition) is 1. The zero-order valence-corrected chi connectivity index (χ0v) is 11.3. The van der Waals surface area contributed by atoms with Crippen molar-refractivity contribution in [2.45, 2.75) is 19.3 Å². The zero-order chi connectivity index (χ0) is 14.3. The Morgan fingerprint density at radius 1 is 1.42 bits per heavy atom. The summed E-state index contributed by atoms with van der Waals surface area (Å²) in [5.41, 5.74) is -0.901. The number of carboxylic acid groups (broad SMARTS) is 1. The van der Waals surface area contributed by atoms with Crippen LogP contribution in [0.15, 0.2) is 12.7 Å². The van der Waals surface area contributed by atoms with Gasteiger partial charge in [0.25, 0.3) is 0 Å². The van der Waals surface area contributed by atoms with Crippen LogP contribution in [0.25, 0.3) is 0 Å². The van der Waals surface area contributed by atoms with Crippen LogP contribution < -0.4 is 0 Å². The van der Waals surface area contributed by atoms with Gasteiger partial charge in [-0.25, -0.2) is 4.79 Å². The SMILES string of the molecule is C=CCOC(=O)N1CCCC(COC)(C(=O)O)CC1. The maximum atomic E-state index is 11.7. The summed E-state index contributed by atoms with van der Waals surface area (Å²) in [6.45, 7) is 4.68. The van der Waals surface area contributed by atoms with E-state index in [4.69, 9.17) is 9.47 Å². The highest BCUT2D eigenvalue weighted by molar-refractivity contribution is 5.75. The lowest BCUT2D eigenvalue weighted by Gasteiger charge is -2.27. The topological polar surface area (TPSA) is 76.1 Å². The molecule has 1 amide bonds. The maximum absolute atomic E-state index is 11.7. The molecule has 108 valence electrons. The van der Waals surface area contributed by atoms with E-state index >= 15 is 0 Å². The minimum absolute atomic E-state index is 0.164. The van der Waals surface area contributed by atoms with Gasteiger partial charge in [0.2, 0.25) is 0 Å². The van der Waals surface area contributed by atoms with Gasteiger partial charge in [0.15, 0.2) is 0 Å². The van der Waals surface area contributed by atoms with Crippen LogP contribution in [0.5, 0.6) is 0 Å². The number of methoxy groups -OCH3 is 1. The van der Waals surface area contributed by atoms with E-state index in [1.807, 2.05) is 0 Å². The molecule has 0 saturated carbocycles. The number of amides is 1. The first-order valence-electron chi connectivity index (χ1n) is 6.30. The number of carboxylic acids is 1. The second kappa shape index (κ2) is 7.13. The van der Waals surface area contributed by atoms with Gasteiger partial charge in [0, 0.05) is 20.2 Å². The fraction of sp³-hybridized carbons (Fsp3) is 0.692. The van der Waals surface area contributed by atoms with E-state index in [1.165, 1.54) is 13.2 Å². The lowest BCUT2D eigenvalue weighted by Crippen LogP contribution is -2.38. The largest absolute Gasteiger partial charge is 0.481 e. The van der Waals surface area contributed by atoms with Crippen LogP contribution in [0.1, 0.15) is 19.3 Å². The molecule has 1 unspecified atom stereocenters. The van der Waals surface area contributed by atoms with E-state index in [0.29, 0.717) is 32.4 Å². The quantitative estimate of drug-likeness (QED) is 0.767. The summed E-state index contributed by atoms with van der Waals surface area (Å²) in [4.78, 5) is 24.7. The fourth-order valence-corrected chi connectivity index (χ4v) is 2.29. The monoisotopic (exact) mass is 271 g/mol. The highest BCUT2D eigenvalue weighted by Gasteiger charge is 2.40. The third-order valence-electron chi connectivity index (χ3n) is 3.40. The van der Waals surface area contributed by atoms with Gasteiger partial charge in [-0.05, 0) is 19.3 Å². The number of hydrogen-bond acceptors (Lipinski definition) is 4. The molecule has 19 heavy (non-hydrogen) atoms. The second-order valence-electron chi connectivity index (χ2n) is 4.72. The summed E-state index contributed by atoms with van der Waals surface area (Å²) in [6, 6.07) is 0. The average molecular weight is 271 g/mol. The first-order valence-corrected chi connectivity index (χ1v) is 6.30. The molecule has 0 spiro atoms. The molecular weight excluding hydrogens is 250 g/mol. The van der Waals surface area contributed by atoms with Gasteiger partial charge in [-0.1, -0.05) is 12.7 Å². The van der Waals surface area contributed by atoms with Crippen LogP contribution in [0.4, 0.5) is 4.79 Å². The van der Waals surface area contributed by atoms with Crippen molar-refractivity contribution >= 4 is 12.1 Å². The van der Waals surface area contributed by atoms with E-state index in [-0.39, 0.29) is 13.2 Å². The van der Waals surface area contributed by atoms with Crippen LogP contribution >= 0.6 is 0 Å². The van der Waals surface area contributed by atoms with Crippen molar-refractivity contribution in [2.24, 2.45) is 5.41 Å². The molecule has 1 rings (SSSR count). The first-order chi connectivity index (χ1) is 9.05. The van der Waals surface area contributed by atoms with Crippen molar-refractivity contribution < 1.29 is 24.2 Å². The molecule has 0 radical (unpaired) electrons. The van der Waals surface area contributed by atoms with Gasteiger partial charge in [-0.15, -0.1) is 0 Å². The van der Waals surface area contributed by atoms with E-state index in [1.54, 1.807) is 4.90 Å². The Hall–Kier alpha value is -1.56. The van der Waals surface area contributed by atoms with Gasteiger partial charge in [0.1, 0.15) is 6.61 Å². The third kappa shape index (κ3) is 3.96. The summed E-state index contributed by atoms with van der Waals surface area (Å²) >= 11 is 0. The highest BCUT2D eigenvalue weighted by atomic mass is 16.6. The zero-order valence-electron chi connectivity index (χ0n) is 11.3. The predicted octanol–water partition coefficient (Wildman–Crippen LogP) is 1.51. The summed E-state index contributed by atoms with van der Waals surface area (Å²) in [7, 11) is 1.49. The Balaban J connectivity index is 2.65. The maximum Gasteiger partial charge on any atom is 0.410 e.